The molecule has 0 saturated carbocycles. The van der Waals surface area contributed by atoms with Gasteiger partial charge in [0.05, 0.1) is 11.0 Å². The van der Waals surface area contributed by atoms with Gasteiger partial charge >= 0.3 is 0 Å². The van der Waals surface area contributed by atoms with E-state index in [-0.39, 0.29) is 0 Å². The standard InChI is InChI=1S/C14H12BrN3/c1-8-3-10(7-16-6-8)14-17-12-5-11(15)4-9(2)13(12)18-14/h3-7H,1-2H3,(H,17,18). The molecule has 0 amide bonds. The zero-order valence-corrected chi connectivity index (χ0v) is 11.7. The highest BCUT2D eigenvalue weighted by Gasteiger charge is 2.08. The Morgan fingerprint density at radius 2 is 1.94 bits per heavy atom. The fourth-order valence-electron chi connectivity index (χ4n) is 2.07. The molecule has 0 aliphatic rings. The van der Waals surface area contributed by atoms with E-state index in [1.165, 1.54) is 0 Å². The SMILES string of the molecule is Cc1cncc(-c2nc3c(C)cc(Br)cc3[nH]2)c1. The van der Waals surface area contributed by atoms with Gasteiger partial charge in [-0.2, -0.15) is 0 Å². The molecule has 90 valence electrons. The van der Waals surface area contributed by atoms with Crippen LogP contribution in [0.25, 0.3) is 22.4 Å². The van der Waals surface area contributed by atoms with Crippen LogP contribution in [0.15, 0.2) is 35.1 Å². The molecule has 18 heavy (non-hydrogen) atoms. The minimum atomic E-state index is 0.863. The van der Waals surface area contributed by atoms with Gasteiger partial charge in [-0.15, -0.1) is 0 Å². The van der Waals surface area contributed by atoms with Crippen molar-refractivity contribution < 1.29 is 0 Å². The first kappa shape index (κ1) is 11.4. The summed E-state index contributed by atoms with van der Waals surface area (Å²) in [6.45, 7) is 4.09. The van der Waals surface area contributed by atoms with E-state index in [9.17, 15) is 0 Å². The molecule has 1 aromatic carbocycles. The van der Waals surface area contributed by atoms with E-state index >= 15 is 0 Å². The van der Waals surface area contributed by atoms with E-state index in [0.29, 0.717) is 0 Å². The number of imidazole rings is 1. The summed E-state index contributed by atoms with van der Waals surface area (Å²) in [5, 5.41) is 0. The van der Waals surface area contributed by atoms with Crippen LogP contribution in [0.2, 0.25) is 0 Å². The van der Waals surface area contributed by atoms with Gasteiger partial charge in [-0.1, -0.05) is 15.9 Å². The molecular formula is C14H12BrN3. The molecule has 4 heteroatoms. The predicted octanol–water partition coefficient (Wildman–Crippen LogP) is 4.00. The van der Waals surface area contributed by atoms with Crippen LogP contribution in [-0.4, -0.2) is 15.0 Å². The van der Waals surface area contributed by atoms with Crippen molar-refractivity contribution >= 4 is 27.0 Å². The Bertz CT molecular complexity index is 731. The molecule has 3 nitrogen and oxygen atoms in total. The maximum absolute atomic E-state index is 4.65. The highest BCUT2D eigenvalue weighted by atomic mass is 79.9. The van der Waals surface area contributed by atoms with Gasteiger partial charge < -0.3 is 4.98 Å². The Morgan fingerprint density at radius 1 is 1.11 bits per heavy atom. The zero-order valence-electron chi connectivity index (χ0n) is 10.2. The predicted molar refractivity (Wildman–Crippen MR) is 76.5 cm³/mol. The zero-order chi connectivity index (χ0) is 12.7. The van der Waals surface area contributed by atoms with E-state index in [1.807, 2.05) is 25.4 Å². The van der Waals surface area contributed by atoms with Crippen molar-refractivity contribution in [3.63, 3.8) is 0 Å². The Kier molecular flexibility index (Phi) is 2.67. The molecule has 0 spiro atoms. The third-order valence-corrected chi connectivity index (χ3v) is 3.35. The number of hydrogen-bond donors (Lipinski definition) is 1. The molecule has 0 saturated heterocycles. The van der Waals surface area contributed by atoms with Crippen molar-refractivity contribution in [2.75, 3.05) is 0 Å². The van der Waals surface area contributed by atoms with Gasteiger partial charge in [0.25, 0.3) is 0 Å². The number of aromatic amines is 1. The molecule has 0 aliphatic carbocycles. The third kappa shape index (κ3) is 1.93. The van der Waals surface area contributed by atoms with E-state index in [2.05, 4.69) is 49.9 Å². The molecule has 1 N–H and O–H groups in total. The summed E-state index contributed by atoms with van der Waals surface area (Å²) >= 11 is 3.50. The van der Waals surface area contributed by atoms with E-state index < -0.39 is 0 Å². The number of nitrogens with zero attached hydrogens (tertiary/aromatic N) is 2. The lowest BCUT2D eigenvalue weighted by Crippen LogP contribution is -1.83. The molecule has 0 bridgehead atoms. The first-order chi connectivity index (χ1) is 8.63. The van der Waals surface area contributed by atoms with Crippen LogP contribution in [0, 0.1) is 13.8 Å². The largest absolute Gasteiger partial charge is 0.338 e. The fraction of sp³-hybridized carbons (Fsp3) is 0.143. The van der Waals surface area contributed by atoms with E-state index in [1.54, 1.807) is 0 Å². The topological polar surface area (TPSA) is 41.6 Å². The summed E-state index contributed by atoms with van der Waals surface area (Å²) < 4.78 is 1.06. The van der Waals surface area contributed by atoms with Crippen molar-refractivity contribution in [2.24, 2.45) is 0 Å². The summed E-state index contributed by atoms with van der Waals surface area (Å²) in [6, 6.07) is 6.19. The average Bonchev–Trinajstić information content (AvgIpc) is 2.73. The van der Waals surface area contributed by atoms with Crippen LogP contribution in [0.3, 0.4) is 0 Å². The van der Waals surface area contributed by atoms with Crippen LogP contribution in [-0.2, 0) is 0 Å². The highest BCUT2D eigenvalue weighted by molar-refractivity contribution is 9.10. The molecule has 2 heterocycles. The number of aromatic nitrogens is 3. The van der Waals surface area contributed by atoms with Crippen LogP contribution >= 0.6 is 15.9 Å². The molecule has 0 radical (unpaired) electrons. The summed E-state index contributed by atoms with van der Waals surface area (Å²) in [4.78, 5) is 12.2. The molecule has 0 atom stereocenters. The van der Waals surface area contributed by atoms with Crippen molar-refractivity contribution in [3.05, 3.63) is 46.2 Å². The van der Waals surface area contributed by atoms with Gasteiger partial charge in [-0.3, -0.25) is 4.98 Å². The maximum Gasteiger partial charge on any atom is 0.140 e. The lowest BCUT2D eigenvalue weighted by atomic mass is 10.2. The third-order valence-electron chi connectivity index (χ3n) is 2.89. The van der Waals surface area contributed by atoms with E-state index in [0.717, 1.165) is 38.0 Å². The minimum absolute atomic E-state index is 0.863. The first-order valence-electron chi connectivity index (χ1n) is 5.71. The lowest BCUT2D eigenvalue weighted by Gasteiger charge is -1.96. The monoisotopic (exact) mass is 301 g/mol. The Hall–Kier alpha value is -1.68. The Morgan fingerprint density at radius 3 is 2.72 bits per heavy atom. The molecule has 3 aromatic rings. The van der Waals surface area contributed by atoms with Crippen molar-refractivity contribution in [1.29, 1.82) is 0 Å². The van der Waals surface area contributed by atoms with Gasteiger partial charge in [-0.05, 0) is 43.2 Å². The van der Waals surface area contributed by atoms with Crippen LogP contribution in [0.4, 0.5) is 0 Å². The quantitative estimate of drug-likeness (QED) is 0.738. The maximum atomic E-state index is 4.65. The van der Waals surface area contributed by atoms with Crippen LogP contribution < -0.4 is 0 Å². The number of fused-ring (bicyclic) bond motifs is 1. The highest BCUT2D eigenvalue weighted by Crippen LogP contribution is 2.25. The number of nitrogens with one attached hydrogen (secondary N) is 1. The summed E-state index contributed by atoms with van der Waals surface area (Å²) in [5.74, 6) is 0.863. The molecule has 2 aromatic heterocycles. The first-order valence-corrected chi connectivity index (χ1v) is 6.50. The number of benzene rings is 1. The summed E-state index contributed by atoms with van der Waals surface area (Å²) in [6.07, 6.45) is 3.67. The molecule has 3 rings (SSSR count). The second kappa shape index (κ2) is 4.21. The van der Waals surface area contributed by atoms with E-state index in [4.69, 9.17) is 0 Å². The van der Waals surface area contributed by atoms with Gasteiger partial charge in [0.1, 0.15) is 5.82 Å². The molecule has 0 aliphatic heterocycles. The number of pyridine rings is 1. The van der Waals surface area contributed by atoms with Gasteiger partial charge in [0.2, 0.25) is 0 Å². The minimum Gasteiger partial charge on any atom is -0.338 e. The normalized spacial score (nSPS) is 11.1. The summed E-state index contributed by atoms with van der Waals surface area (Å²) in [5.41, 5.74) is 5.35. The van der Waals surface area contributed by atoms with Gasteiger partial charge in [-0.25, -0.2) is 4.98 Å². The number of aryl methyl sites for hydroxylation is 2. The Labute approximate surface area is 113 Å². The average molecular weight is 302 g/mol. The van der Waals surface area contributed by atoms with Crippen LogP contribution in [0.5, 0.6) is 0 Å². The van der Waals surface area contributed by atoms with Crippen molar-refractivity contribution in [1.82, 2.24) is 15.0 Å². The van der Waals surface area contributed by atoms with Crippen LogP contribution in [0.1, 0.15) is 11.1 Å². The molecule has 0 unspecified atom stereocenters. The second-order valence-electron chi connectivity index (χ2n) is 4.46. The van der Waals surface area contributed by atoms with Crippen molar-refractivity contribution in [2.45, 2.75) is 13.8 Å². The number of halogens is 1. The number of rotatable bonds is 1. The number of H-pyrrole nitrogens is 1. The van der Waals surface area contributed by atoms with Gasteiger partial charge in [0, 0.05) is 22.4 Å². The summed E-state index contributed by atoms with van der Waals surface area (Å²) in [7, 11) is 0. The number of hydrogen-bond acceptors (Lipinski definition) is 2. The fourth-order valence-corrected chi connectivity index (χ4v) is 2.64. The second-order valence-corrected chi connectivity index (χ2v) is 5.37. The lowest BCUT2D eigenvalue weighted by molar-refractivity contribution is 1.24. The van der Waals surface area contributed by atoms with Gasteiger partial charge in [0.15, 0.2) is 0 Å². The molecule has 0 fully saturated rings. The molecular weight excluding hydrogens is 290 g/mol. The smallest absolute Gasteiger partial charge is 0.140 e. The van der Waals surface area contributed by atoms with Crippen molar-refractivity contribution in [3.8, 4) is 11.4 Å². The Balaban J connectivity index is 2.22.